The third kappa shape index (κ3) is 2.15. The fraction of sp³-hybridized carbons (Fsp3) is 0.545. The molecule has 0 N–H and O–H groups in total. The van der Waals surface area contributed by atoms with Gasteiger partial charge in [0, 0.05) is 4.88 Å². The number of ether oxygens (including phenoxy) is 1. The first-order chi connectivity index (χ1) is 6.57. The number of aryl methyl sites for hydroxylation is 1. The third-order valence-corrected chi connectivity index (χ3v) is 3.41. The molecule has 1 heterocycles. The lowest BCUT2D eigenvalue weighted by molar-refractivity contribution is -0.143. The van der Waals surface area contributed by atoms with E-state index in [0.717, 1.165) is 4.88 Å². The van der Waals surface area contributed by atoms with Crippen LogP contribution in [0.2, 0.25) is 0 Å². The van der Waals surface area contributed by atoms with Crippen LogP contribution in [0.4, 0.5) is 0 Å². The average Bonchev–Trinajstić information content (AvgIpc) is 2.52. The fourth-order valence-corrected chi connectivity index (χ4v) is 2.70. The van der Waals surface area contributed by atoms with Crippen molar-refractivity contribution in [2.24, 2.45) is 5.92 Å². The summed E-state index contributed by atoms with van der Waals surface area (Å²) in [6.45, 7) is 6.12. The molecule has 1 unspecified atom stereocenters. The Hall–Kier alpha value is -0.830. The predicted octanol–water partition coefficient (Wildman–Crippen LogP) is 2.97. The van der Waals surface area contributed by atoms with E-state index >= 15 is 0 Å². The normalized spacial score (nSPS) is 12.9. The van der Waals surface area contributed by atoms with Gasteiger partial charge >= 0.3 is 5.97 Å². The van der Waals surface area contributed by atoms with Crippen molar-refractivity contribution >= 4 is 17.3 Å². The van der Waals surface area contributed by atoms with Crippen LogP contribution in [0, 0.1) is 12.8 Å². The molecular weight excluding hydrogens is 196 g/mol. The SMILES string of the molecule is COC(=O)C(c1sccc1C)C(C)C. The first kappa shape index (κ1) is 11.2. The van der Waals surface area contributed by atoms with Crippen LogP contribution in [0.5, 0.6) is 0 Å². The minimum absolute atomic E-state index is 0.111. The number of hydrogen-bond donors (Lipinski definition) is 0. The number of carbonyl (C=O) groups is 1. The highest BCUT2D eigenvalue weighted by atomic mass is 32.1. The molecule has 0 amide bonds. The summed E-state index contributed by atoms with van der Waals surface area (Å²) in [5, 5.41) is 2.02. The Kier molecular flexibility index (Phi) is 3.69. The van der Waals surface area contributed by atoms with Crippen molar-refractivity contribution in [2.75, 3.05) is 7.11 Å². The molecule has 0 fully saturated rings. The van der Waals surface area contributed by atoms with Crippen molar-refractivity contribution in [2.45, 2.75) is 26.7 Å². The van der Waals surface area contributed by atoms with Crippen molar-refractivity contribution in [3.63, 3.8) is 0 Å². The lowest BCUT2D eigenvalue weighted by Crippen LogP contribution is -2.19. The van der Waals surface area contributed by atoms with E-state index in [-0.39, 0.29) is 17.8 Å². The molecule has 1 rings (SSSR count). The lowest BCUT2D eigenvalue weighted by atomic mass is 9.92. The monoisotopic (exact) mass is 212 g/mol. The highest BCUT2D eigenvalue weighted by molar-refractivity contribution is 7.10. The second kappa shape index (κ2) is 4.60. The van der Waals surface area contributed by atoms with Gasteiger partial charge in [-0.15, -0.1) is 11.3 Å². The van der Waals surface area contributed by atoms with Crippen LogP contribution < -0.4 is 0 Å². The molecule has 3 heteroatoms. The van der Waals surface area contributed by atoms with Gasteiger partial charge in [-0.3, -0.25) is 4.79 Å². The van der Waals surface area contributed by atoms with Crippen molar-refractivity contribution in [1.29, 1.82) is 0 Å². The number of hydrogen-bond acceptors (Lipinski definition) is 3. The molecule has 0 saturated heterocycles. The standard InChI is InChI=1S/C11H16O2S/c1-7(2)9(11(12)13-4)10-8(3)5-6-14-10/h5-7,9H,1-4H3. The van der Waals surface area contributed by atoms with Gasteiger partial charge in [0.15, 0.2) is 0 Å². The van der Waals surface area contributed by atoms with Crippen LogP contribution in [0.1, 0.15) is 30.2 Å². The molecule has 1 aromatic heterocycles. The zero-order valence-electron chi connectivity index (χ0n) is 9.03. The van der Waals surface area contributed by atoms with Gasteiger partial charge in [0.2, 0.25) is 0 Å². The van der Waals surface area contributed by atoms with Crippen molar-refractivity contribution in [3.05, 3.63) is 21.9 Å². The first-order valence-corrected chi connectivity index (χ1v) is 5.57. The highest BCUT2D eigenvalue weighted by Crippen LogP contribution is 2.32. The Bertz CT molecular complexity index is 315. The molecule has 0 radical (unpaired) electrons. The van der Waals surface area contributed by atoms with Crippen LogP contribution >= 0.6 is 11.3 Å². The third-order valence-electron chi connectivity index (χ3n) is 2.31. The van der Waals surface area contributed by atoms with Gasteiger partial charge in [0.05, 0.1) is 13.0 Å². The van der Waals surface area contributed by atoms with E-state index < -0.39 is 0 Å². The summed E-state index contributed by atoms with van der Waals surface area (Å²) < 4.78 is 4.82. The number of rotatable bonds is 3. The Balaban J connectivity index is 3.00. The topological polar surface area (TPSA) is 26.3 Å². The van der Waals surface area contributed by atoms with Gasteiger partial charge in [-0.25, -0.2) is 0 Å². The second-order valence-electron chi connectivity index (χ2n) is 3.71. The molecule has 1 aromatic rings. The second-order valence-corrected chi connectivity index (χ2v) is 4.66. The number of esters is 1. The summed E-state index contributed by atoms with van der Waals surface area (Å²) in [6.07, 6.45) is 0. The summed E-state index contributed by atoms with van der Waals surface area (Å²) >= 11 is 1.63. The summed E-state index contributed by atoms with van der Waals surface area (Å²) in [5.41, 5.74) is 1.18. The van der Waals surface area contributed by atoms with E-state index in [2.05, 4.69) is 0 Å². The molecule has 0 aliphatic carbocycles. The Morgan fingerprint density at radius 1 is 1.50 bits per heavy atom. The molecule has 0 spiro atoms. The minimum Gasteiger partial charge on any atom is -0.469 e. The molecule has 14 heavy (non-hydrogen) atoms. The Morgan fingerprint density at radius 2 is 2.14 bits per heavy atom. The molecule has 0 aromatic carbocycles. The van der Waals surface area contributed by atoms with Crippen LogP contribution in [0.3, 0.4) is 0 Å². The quantitative estimate of drug-likeness (QED) is 0.720. The maximum Gasteiger partial charge on any atom is 0.314 e. The highest BCUT2D eigenvalue weighted by Gasteiger charge is 2.27. The zero-order valence-corrected chi connectivity index (χ0v) is 9.85. The van der Waals surface area contributed by atoms with E-state index in [1.54, 1.807) is 11.3 Å². The summed E-state index contributed by atoms with van der Waals surface area (Å²) in [6, 6.07) is 2.04. The van der Waals surface area contributed by atoms with Crippen LogP contribution in [-0.4, -0.2) is 13.1 Å². The number of methoxy groups -OCH3 is 1. The van der Waals surface area contributed by atoms with Gasteiger partial charge in [-0.1, -0.05) is 13.8 Å². The zero-order chi connectivity index (χ0) is 10.7. The summed E-state index contributed by atoms with van der Waals surface area (Å²) in [4.78, 5) is 12.7. The largest absolute Gasteiger partial charge is 0.469 e. The molecule has 1 atom stereocenters. The van der Waals surface area contributed by atoms with E-state index in [1.165, 1.54) is 12.7 Å². The first-order valence-electron chi connectivity index (χ1n) is 4.69. The van der Waals surface area contributed by atoms with Crippen molar-refractivity contribution in [3.8, 4) is 0 Å². The average molecular weight is 212 g/mol. The van der Waals surface area contributed by atoms with E-state index in [0.29, 0.717) is 0 Å². The molecular formula is C11H16O2S. The molecule has 0 aliphatic heterocycles. The number of thiophene rings is 1. The van der Waals surface area contributed by atoms with Gasteiger partial charge < -0.3 is 4.74 Å². The van der Waals surface area contributed by atoms with Gasteiger partial charge in [0.1, 0.15) is 0 Å². The van der Waals surface area contributed by atoms with Gasteiger partial charge in [0.25, 0.3) is 0 Å². The molecule has 78 valence electrons. The molecule has 0 saturated carbocycles. The van der Waals surface area contributed by atoms with Gasteiger partial charge in [-0.2, -0.15) is 0 Å². The van der Waals surface area contributed by atoms with Crippen molar-refractivity contribution < 1.29 is 9.53 Å². The minimum atomic E-state index is -0.134. The van der Waals surface area contributed by atoms with Gasteiger partial charge in [-0.05, 0) is 29.9 Å². The van der Waals surface area contributed by atoms with E-state index in [4.69, 9.17) is 4.74 Å². The van der Waals surface area contributed by atoms with Crippen LogP contribution in [-0.2, 0) is 9.53 Å². The molecule has 0 aliphatic rings. The lowest BCUT2D eigenvalue weighted by Gasteiger charge is -2.17. The van der Waals surface area contributed by atoms with E-state index in [1.807, 2.05) is 32.2 Å². The predicted molar refractivity (Wildman–Crippen MR) is 58.7 cm³/mol. The fourth-order valence-electron chi connectivity index (χ4n) is 1.51. The number of carbonyl (C=O) groups excluding carboxylic acids is 1. The summed E-state index contributed by atoms with van der Waals surface area (Å²) in [5.74, 6) is 0.0327. The smallest absolute Gasteiger partial charge is 0.314 e. The van der Waals surface area contributed by atoms with E-state index in [9.17, 15) is 4.79 Å². The molecule has 0 bridgehead atoms. The maximum absolute atomic E-state index is 11.6. The van der Waals surface area contributed by atoms with Crippen LogP contribution in [0.25, 0.3) is 0 Å². The summed E-state index contributed by atoms with van der Waals surface area (Å²) in [7, 11) is 1.45. The molecule has 2 nitrogen and oxygen atoms in total. The van der Waals surface area contributed by atoms with Crippen molar-refractivity contribution in [1.82, 2.24) is 0 Å². The van der Waals surface area contributed by atoms with Crippen LogP contribution in [0.15, 0.2) is 11.4 Å². The Labute approximate surface area is 88.9 Å². The Morgan fingerprint density at radius 3 is 2.50 bits per heavy atom. The maximum atomic E-state index is 11.6.